The molecule has 2 aromatic carbocycles. The van der Waals surface area contributed by atoms with Gasteiger partial charge in [-0.25, -0.2) is 4.68 Å². The average Bonchev–Trinajstić information content (AvgIpc) is 3.16. The fourth-order valence-corrected chi connectivity index (χ4v) is 3.10. The van der Waals surface area contributed by atoms with E-state index in [9.17, 15) is 9.59 Å². The number of nitrogens with one attached hydrogen (secondary N) is 1. The second-order valence-corrected chi connectivity index (χ2v) is 7.13. The Morgan fingerprint density at radius 3 is 2.67 bits per heavy atom. The number of hydrogen-bond donors (Lipinski definition) is 1. The third-order valence-corrected chi connectivity index (χ3v) is 5.12. The van der Waals surface area contributed by atoms with Crippen LogP contribution in [0, 0.1) is 0 Å². The first-order valence-electron chi connectivity index (χ1n) is 8.95. The minimum Gasteiger partial charge on any atom is -0.493 e. The number of methoxy groups -OCH3 is 1. The number of carbonyl (C=O) groups excluding carboxylic acids is 2. The molecule has 7 nitrogen and oxygen atoms in total. The summed E-state index contributed by atoms with van der Waals surface area (Å²) in [5, 5.41) is 7.85. The minimum absolute atomic E-state index is 0.0920. The van der Waals surface area contributed by atoms with Crippen molar-refractivity contribution in [3.63, 3.8) is 0 Å². The van der Waals surface area contributed by atoms with Crippen molar-refractivity contribution < 1.29 is 19.1 Å². The van der Waals surface area contributed by atoms with Gasteiger partial charge in [0.25, 0.3) is 5.91 Å². The van der Waals surface area contributed by atoms with Crippen LogP contribution in [-0.2, 0) is 11.3 Å². The molecule has 0 atom stereocenters. The molecule has 30 heavy (non-hydrogen) atoms. The topological polar surface area (TPSA) is 82.4 Å². The standard InChI is InChI=1S/C21H19Cl2N3O4/c1-13(27)14-6-7-17(18(10-14)29-2)30-12-20(28)25-19-8-9-24-26(19)11-15-4-3-5-16(22)21(15)23/h3-10H,11-12H2,1-2H3,(H,25,28). The SMILES string of the molecule is COc1cc(C(C)=O)ccc1OCC(=O)Nc1ccnn1Cc1cccc(Cl)c1Cl. The van der Waals surface area contributed by atoms with Crippen LogP contribution in [-0.4, -0.2) is 35.2 Å². The van der Waals surface area contributed by atoms with Crippen LogP contribution in [0.3, 0.4) is 0 Å². The Balaban J connectivity index is 1.65. The predicted octanol–water partition coefficient (Wildman–Crippen LogP) is 4.47. The van der Waals surface area contributed by atoms with E-state index >= 15 is 0 Å². The van der Waals surface area contributed by atoms with E-state index in [1.165, 1.54) is 14.0 Å². The minimum atomic E-state index is -0.383. The van der Waals surface area contributed by atoms with Crippen molar-refractivity contribution in [2.45, 2.75) is 13.5 Å². The summed E-state index contributed by atoms with van der Waals surface area (Å²) in [7, 11) is 1.46. The van der Waals surface area contributed by atoms with Gasteiger partial charge in [0, 0.05) is 11.6 Å². The van der Waals surface area contributed by atoms with Gasteiger partial charge in [0.15, 0.2) is 23.9 Å². The van der Waals surface area contributed by atoms with Crippen molar-refractivity contribution in [3.05, 3.63) is 69.8 Å². The Kier molecular flexibility index (Phi) is 6.97. The lowest BCUT2D eigenvalue weighted by atomic mass is 10.1. The summed E-state index contributed by atoms with van der Waals surface area (Å²) in [6.45, 7) is 1.55. The molecule has 0 radical (unpaired) electrons. The van der Waals surface area contributed by atoms with Gasteiger partial charge >= 0.3 is 0 Å². The van der Waals surface area contributed by atoms with Crippen LogP contribution in [0.2, 0.25) is 10.0 Å². The van der Waals surface area contributed by atoms with Crippen LogP contribution in [0.15, 0.2) is 48.7 Å². The summed E-state index contributed by atoms with van der Waals surface area (Å²) in [6, 6.07) is 11.8. The molecule has 1 heterocycles. The number of halogens is 2. The molecular weight excluding hydrogens is 429 g/mol. The van der Waals surface area contributed by atoms with E-state index in [0.29, 0.717) is 39.5 Å². The van der Waals surface area contributed by atoms with Crippen LogP contribution >= 0.6 is 23.2 Å². The quantitative estimate of drug-likeness (QED) is 0.515. The molecule has 0 aliphatic heterocycles. The lowest BCUT2D eigenvalue weighted by Crippen LogP contribution is -2.22. The number of Topliss-reactive ketones (excluding diaryl/α,β-unsaturated/α-hetero) is 1. The normalized spacial score (nSPS) is 10.5. The van der Waals surface area contributed by atoms with Gasteiger partial charge in [0.2, 0.25) is 0 Å². The van der Waals surface area contributed by atoms with Crippen molar-refractivity contribution in [2.24, 2.45) is 0 Å². The number of benzene rings is 2. The summed E-state index contributed by atoms with van der Waals surface area (Å²) >= 11 is 12.3. The highest BCUT2D eigenvalue weighted by molar-refractivity contribution is 6.42. The predicted molar refractivity (Wildman–Crippen MR) is 115 cm³/mol. The number of ketones is 1. The summed E-state index contributed by atoms with van der Waals surface area (Å²) in [6.07, 6.45) is 1.57. The summed E-state index contributed by atoms with van der Waals surface area (Å²) in [5.74, 6) is 0.740. The van der Waals surface area contributed by atoms with Crippen LogP contribution in [0.1, 0.15) is 22.8 Å². The van der Waals surface area contributed by atoms with E-state index in [2.05, 4.69) is 10.4 Å². The zero-order valence-corrected chi connectivity index (χ0v) is 17.8. The molecule has 1 N–H and O–H groups in total. The molecule has 3 rings (SSSR count). The lowest BCUT2D eigenvalue weighted by Gasteiger charge is -2.13. The third-order valence-electron chi connectivity index (χ3n) is 4.26. The molecule has 0 unspecified atom stereocenters. The number of carbonyl (C=O) groups is 2. The number of anilines is 1. The van der Waals surface area contributed by atoms with E-state index in [1.807, 2.05) is 6.07 Å². The second-order valence-electron chi connectivity index (χ2n) is 6.35. The Bertz CT molecular complexity index is 1080. The number of amides is 1. The first kappa shape index (κ1) is 21.7. The largest absolute Gasteiger partial charge is 0.493 e. The maximum absolute atomic E-state index is 12.4. The highest BCUT2D eigenvalue weighted by Gasteiger charge is 2.13. The fourth-order valence-electron chi connectivity index (χ4n) is 2.72. The molecule has 9 heteroatoms. The van der Waals surface area contributed by atoms with E-state index in [1.54, 1.807) is 47.3 Å². The fraction of sp³-hybridized carbons (Fsp3) is 0.190. The van der Waals surface area contributed by atoms with Crippen LogP contribution in [0.4, 0.5) is 5.82 Å². The maximum Gasteiger partial charge on any atom is 0.263 e. The van der Waals surface area contributed by atoms with Gasteiger partial charge in [-0.1, -0.05) is 35.3 Å². The van der Waals surface area contributed by atoms with Crippen LogP contribution in [0.25, 0.3) is 0 Å². The maximum atomic E-state index is 12.4. The van der Waals surface area contributed by atoms with Crippen molar-refractivity contribution in [1.29, 1.82) is 0 Å². The molecule has 1 aromatic heterocycles. The van der Waals surface area contributed by atoms with Gasteiger partial charge in [-0.3, -0.25) is 9.59 Å². The molecule has 1 amide bonds. The number of hydrogen-bond acceptors (Lipinski definition) is 5. The van der Waals surface area contributed by atoms with Crippen molar-refractivity contribution >= 4 is 40.7 Å². The van der Waals surface area contributed by atoms with Gasteiger partial charge in [0.05, 0.1) is 29.9 Å². The van der Waals surface area contributed by atoms with Crippen LogP contribution < -0.4 is 14.8 Å². The second kappa shape index (κ2) is 9.65. The Hall–Kier alpha value is -3.03. The van der Waals surface area contributed by atoms with Gasteiger partial charge in [-0.05, 0) is 36.8 Å². The Morgan fingerprint density at radius 2 is 1.93 bits per heavy atom. The van der Waals surface area contributed by atoms with E-state index in [-0.39, 0.29) is 18.3 Å². The zero-order chi connectivity index (χ0) is 21.7. The number of nitrogens with zero attached hydrogens (tertiary/aromatic N) is 2. The number of rotatable bonds is 8. The Labute approximate surface area is 183 Å². The van der Waals surface area contributed by atoms with Gasteiger partial charge < -0.3 is 14.8 Å². The lowest BCUT2D eigenvalue weighted by molar-refractivity contribution is -0.118. The van der Waals surface area contributed by atoms with Gasteiger partial charge in [0.1, 0.15) is 5.82 Å². The molecule has 0 spiro atoms. The smallest absolute Gasteiger partial charge is 0.263 e. The van der Waals surface area contributed by atoms with Crippen molar-refractivity contribution in [2.75, 3.05) is 19.0 Å². The highest BCUT2D eigenvalue weighted by atomic mass is 35.5. The summed E-state index contributed by atoms with van der Waals surface area (Å²) in [4.78, 5) is 23.9. The zero-order valence-electron chi connectivity index (χ0n) is 16.3. The molecule has 0 fully saturated rings. The van der Waals surface area contributed by atoms with Gasteiger partial charge in [-0.15, -0.1) is 0 Å². The third kappa shape index (κ3) is 5.11. The highest BCUT2D eigenvalue weighted by Crippen LogP contribution is 2.29. The molecular formula is C21H19Cl2N3O4. The molecule has 0 saturated carbocycles. The van der Waals surface area contributed by atoms with Crippen molar-refractivity contribution in [3.8, 4) is 11.5 Å². The molecule has 0 aliphatic rings. The molecule has 0 aliphatic carbocycles. The van der Waals surface area contributed by atoms with E-state index in [0.717, 1.165) is 5.56 Å². The van der Waals surface area contributed by atoms with Crippen molar-refractivity contribution in [1.82, 2.24) is 9.78 Å². The molecule has 0 bridgehead atoms. The number of aromatic nitrogens is 2. The summed E-state index contributed by atoms with van der Waals surface area (Å²) < 4.78 is 12.4. The molecule has 3 aromatic rings. The first-order valence-corrected chi connectivity index (χ1v) is 9.71. The molecule has 156 valence electrons. The van der Waals surface area contributed by atoms with Crippen LogP contribution in [0.5, 0.6) is 11.5 Å². The Morgan fingerprint density at radius 1 is 1.13 bits per heavy atom. The number of ether oxygens (including phenoxy) is 2. The van der Waals surface area contributed by atoms with Gasteiger partial charge in [-0.2, -0.15) is 5.10 Å². The average molecular weight is 448 g/mol. The first-order chi connectivity index (χ1) is 14.4. The van der Waals surface area contributed by atoms with E-state index < -0.39 is 0 Å². The van der Waals surface area contributed by atoms with E-state index in [4.69, 9.17) is 32.7 Å². The monoisotopic (exact) mass is 447 g/mol. The summed E-state index contributed by atoms with van der Waals surface area (Å²) in [5.41, 5.74) is 1.27. The molecule has 0 saturated heterocycles.